The van der Waals surface area contributed by atoms with Gasteiger partial charge in [0.2, 0.25) is 0 Å². The van der Waals surface area contributed by atoms with Gasteiger partial charge in [-0.25, -0.2) is 0 Å². The second kappa shape index (κ2) is 8.72. The number of aromatic nitrogens is 1. The summed E-state index contributed by atoms with van der Waals surface area (Å²) in [6.45, 7) is 3.24. The number of benzene rings is 5. The molecule has 5 aromatic carbocycles. The molecule has 0 radical (unpaired) electrons. The number of fused-ring (bicyclic) bond motifs is 5. The number of unbranched alkanes of at least 4 members (excludes halogenated alkanes) is 1. The first-order valence-corrected chi connectivity index (χ1v) is 12.2. The highest BCUT2D eigenvalue weighted by Crippen LogP contribution is 2.38. The first-order valence-electron chi connectivity index (χ1n) is 12.2. The first-order chi connectivity index (χ1) is 16.8. The van der Waals surface area contributed by atoms with Gasteiger partial charge in [-0.15, -0.1) is 0 Å². The van der Waals surface area contributed by atoms with Crippen LogP contribution in [0.3, 0.4) is 0 Å². The minimum absolute atomic E-state index is 1.02. The zero-order valence-corrected chi connectivity index (χ0v) is 19.5. The zero-order chi connectivity index (χ0) is 22.9. The van der Waals surface area contributed by atoms with Gasteiger partial charge >= 0.3 is 0 Å². The summed E-state index contributed by atoms with van der Waals surface area (Å²) >= 11 is 0. The van der Waals surface area contributed by atoms with Gasteiger partial charge in [0.15, 0.2) is 0 Å². The van der Waals surface area contributed by atoms with E-state index in [4.69, 9.17) is 0 Å². The van der Waals surface area contributed by atoms with Crippen LogP contribution in [-0.2, 0) is 0 Å². The van der Waals surface area contributed by atoms with Crippen LogP contribution in [0.5, 0.6) is 0 Å². The molecule has 0 atom stereocenters. The summed E-state index contributed by atoms with van der Waals surface area (Å²) in [5, 5.41) is 8.69. The number of nitrogens with zero attached hydrogens (tertiary/aromatic N) is 1. The molecule has 0 amide bonds. The highest BCUT2D eigenvalue weighted by Gasteiger charge is 2.15. The predicted octanol–water partition coefficient (Wildman–Crippen LogP) is 8.82. The number of rotatable bonds is 6. The van der Waals surface area contributed by atoms with Crippen molar-refractivity contribution < 1.29 is 0 Å². The third-order valence-electron chi connectivity index (χ3n) is 6.75. The summed E-state index contributed by atoms with van der Waals surface area (Å²) in [6.07, 6.45) is 2.40. The lowest BCUT2D eigenvalue weighted by Crippen LogP contribution is -2.00. The van der Waals surface area contributed by atoms with E-state index < -0.39 is 0 Å². The quantitative estimate of drug-likeness (QED) is 0.256. The third-order valence-corrected chi connectivity index (χ3v) is 6.75. The van der Waals surface area contributed by atoms with Crippen molar-refractivity contribution in [3.05, 3.63) is 109 Å². The van der Waals surface area contributed by atoms with Crippen molar-refractivity contribution in [3.8, 4) is 16.8 Å². The van der Waals surface area contributed by atoms with Crippen molar-refractivity contribution in [1.82, 2.24) is 4.57 Å². The average Bonchev–Trinajstić information content (AvgIpc) is 3.24. The van der Waals surface area contributed by atoms with E-state index in [9.17, 15) is 0 Å². The third kappa shape index (κ3) is 3.52. The van der Waals surface area contributed by atoms with E-state index in [1.807, 2.05) is 0 Å². The molecule has 34 heavy (non-hydrogen) atoms. The van der Waals surface area contributed by atoms with Gasteiger partial charge in [0.25, 0.3) is 0 Å². The molecule has 0 aliphatic heterocycles. The van der Waals surface area contributed by atoms with E-state index in [-0.39, 0.29) is 0 Å². The van der Waals surface area contributed by atoms with Crippen molar-refractivity contribution in [2.24, 2.45) is 0 Å². The Bertz CT molecular complexity index is 1590. The van der Waals surface area contributed by atoms with Crippen LogP contribution in [0.15, 0.2) is 109 Å². The van der Waals surface area contributed by atoms with Gasteiger partial charge in [-0.2, -0.15) is 0 Å². The Morgan fingerprint density at radius 1 is 0.647 bits per heavy atom. The maximum absolute atomic E-state index is 3.52. The van der Waals surface area contributed by atoms with E-state index in [0.29, 0.717) is 0 Å². The normalized spacial score (nSPS) is 11.4. The lowest BCUT2D eigenvalue weighted by Gasteiger charge is -2.09. The zero-order valence-electron chi connectivity index (χ0n) is 19.5. The SMILES string of the molecule is CCCCNc1ccc(-c2ccc3c(c2)c2c4ccccc4ccc2n3-c2ccccc2)cc1. The molecule has 0 aliphatic rings. The van der Waals surface area contributed by atoms with Gasteiger partial charge in [0, 0.05) is 28.7 Å². The number of para-hydroxylation sites is 1. The Morgan fingerprint density at radius 2 is 1.38 bits per heavy atom. The summed E-state index contributed by atoms with van der Waals surface area (Å²) in [5.41, 5.74) is 7.33. The van der Waals surface area contributed by atoms with Crippen LogP contribution in [-0.4, -0.2) is 11.1 Å². The molecule has 0 spiro atoms. The maximum atomic E-state index is 3.52. The number of hydrogen-bond donors (Lipinski definition) is 1. The van der Waals surface area contributed by atoms with Gasteiger partial charge in [-0.3, -0.25) is 0 Å². The van der Waals surface area contributed by atoms with Crippen LogP contribution in [0.1, 0.15) is 19.8 Å². The standard InChI is InChI=1S/C32H28N2/c1-2-3-21-33-26-17-13-23(14-18-26)25-16-19-30-29(22-25)32-28-12-8-7-9-24(28)15-20-31(32)34(30)27-10-5-4-6-11-27/h4-20,22,33H,2-3,21H2,1H3. The van der Waals surface area contributed by atoms with Crippen LogP contribution >= 0.6 is 0 Å². The molecule has 0 saturated heterocycles. The van der Waals surface area contributed by atoms with Crippen molar-refractivity contribution in [2.45, 2.75) is 19.8 Å². The molecular weight excluding hydrogens is 412 g/mol. The van der Waals surface area contributed by atoms with Gasteiger partial charge in [0.05, 0.1) is 11.0 Å². The van der Waals surface area contributed by atoms with Gasteiger partial charge in [0.1, 0.15) is 0 Å². The molecule has 1 N–H and O–H groups in total. The fraction of sp³-hybridized carbons (Fsp3) is 0.125. The lowest BCUT2D eigenvalue weighted by molar-refractivity contribution is 0.834. The highest BCUT2D eigenvalue weighted by atomic mass is 15.0. The fourth-order valence-electron chi connectivity index (χ4n) is 5.02. The summed E-state index contributed by atoms with van der Waals surface area (Å²) in [4.78, 5) is 0. The average molecular weight is 441 g/mol. The molecule has 0 unspecified atom stereocenters. The van der Waals surface area contributed by atoms with Crippen LogP contribution in [0.25, 0.3) is 49.4 Å². The Kier molecular flexibility index (Phi) is 5.27. The molecule has 1 heterocycles. The number of anilines is 1. The smallest absolute Gasteiger partial charge is 0.0547 e. The molecule has 0 aliphatic carbocycles. The maximum Gasteiger partial charge on any atom is 0.0547 e. The van der Waals surface area contributed by atoms with Gasteiger partial charge in [-0.1, -0.05) is 80.1 Å². The molecule has 0 fully saturated rings. The van der Waals surface area contributed by atoms with Crippen molar-refractivity contribution >= 4 is 38.3 Å². The molecular formula is C32H28N2. The van der Waals surface area contributed by atoms with Gasteiger partial charge < -0.3 is 9.88 Å². The highest BCUT2D eigenvalue weighted by molar-refractivity contribution is 6.21. The molecule has 0 saturated carbocycles. The van der Waals surface area contributed by atoms with E-state index in [0.717, 1.165) is 6.54 Å². The van der Waals surface area contributed by atoms with E-state index in [2.05, 4.69) is 126 Å². The minimum atomic E-state index is 1.02. The molecule has 6 aromatic rings. The predicted molar refractivity (Wildman–Crippen MR) is 147 cm³/mol. The Morgan fingerprint density at radius 3 is 2.21 bits per heavy atom. The molecule has 0 bridgehead atoms. The van der Waals surface area contributed by atoms with E-state index in [1.54, 1.807) is 0 Å². The molecule has 1 aromatic heterocycles. The van der Waals surface area contributed by atoms with Crippen molar-refractivity contribution in [3.63, 3.8) is 0 Å². The fourth-order valence-corrected chi connectivity index (χ4v) is 5.02. The Balaban J connectivity index is 1.55. The first kappa shape index (κ1) is 20.6. The largest absolute Gasteiger partial charge is 0.385 e. The van der Waals surface area contributed by atoms with Crippen molar-refractivity contribution in [2.75, 3.05) is 11.9 Å². The molecule has 2 nitrogen and oxygen atoms in total. The summed E-state index contributed by atoms with van der Waals surface area (Å²) in [7, 11) is 0. The van der Waals surface area contributed by atoms with Crippen LogP contribution in [0.2, 0.25) is 0 Å². The van der Waals surface area contributed by atoms with E-state index >= 15 is 0 Å². The van der Waals surface area contributed by atoms with Crippen molar-refractivity contribution in [1.29, 1.82) is 0 Å². The summed E-state index contributed by atoms with van der Waals surface area (Å²) < 4.78 is 2.39. The monoisotopic (exact) mass is 440 g/mol. The minimum Gasteiger partial charge on any atom is -0.385 e. The molecule has 166 valence electrons. The second-order valence-electron chi connectivity index (χ2n) is 8.94. The lowest BCUT2D eigenvalue weighted by atomic mass is 10.00. The topological polar surface area (TPSA) is 17.0 Å². The Hall–Kier alpha value is -4.04. The van der Waals surface area contributed by atoms with Crippen LogP contribution in [0, 0.1) is 0 Å². The van der Waals surface area contributed by atoms with E-state index in [1.165, 1.54) is 67.9 Å². The Labute approximate surface area is 200 Å². The molecule has 2 heteroatoms. The number of nitrogens with one attached hydrogen (secondary N) is 1. The van der Waals surface area contributed by atoms with Crippen LogP contribution < -0.4 is 5.32 Å². The number of hydrogen-bond acceptors (Lipinski definition) is 1. The second-order valence-corrected chi connectivity index (χ2v) is 8.94. The summed E-state index contributed by atoms with van der Waals surface area (Å²) in [6, 6.07) is 39.6. The van der Waals surface area contributed by atoms with Gasteiger partial charge in [-0.05, 0) is 70.8 Å². The van der Waals surface area contributed by atoms with Crippen LogP contribution in [0.4, 0.5) is 5.69 Å². The molecule has 6 rings (SSSR count). The summed E-state index contributed by atoms with van der Waals surface area (Å²) in [5.74, 6) is 0.